The lowest BCUT2D eigenvalue weighted by Crippen LogP contribution is -2.28. The zero-order valence-corrected chi connectivity index (χ0v) is 11.4. The van der Waals surface area contributed by atoms with Gasteiger partial charge in [-0.2, -0.15) is 18.2 Å². The Bertz CT molecular complexity index is 427. The topological polar surface area (TPSA) is 76.3 Å². The zero-order chi connectivity index (χ0) is 15.2. The molecule has 0 bridgehead atoms. The molecule has 0 fully saturated rings. The van der Waals surface area contributed by atoms with Gasteiger partial charge >= 0.3 is 6.18 Å². The van der Waals surface area contributed by atoms with Crippen molar-refractivity contribution in [1.29, 1.82) is 0 Å². The molecule has 0 amide bonds. The summed E-state index contributed by atoms with van der Waals surface area (Å²) in [6.07, 6.45) is -4.54. The molecule has 0 spiro atoms. The van der Waals surface area contributed by atoms with Crippen molar-refractivity contribution < 1.29 is 17.9 Å². The number of methoxy groups -OCH3 is 1. The Labute approximate surface area is 115 Å². The van der Waals surface area contributed by atoms with Crippen LogP contribution in [0.5, 0.6) is 0 Å². The summed E-state index contributed by atoms with van der Waals surface area (Å²) in [7, 11) is 3.49. The number of nitrogens with one attached hydrogen (secondary N) is 1. The first kappa shape index (κ1) is 16.4. The molecule has 0 aliphatic rings. The molecular formula is C11H18F3N5O. The minimum atomic E-state index is -4.54. The predicted octanol–water partition coefficient (Wildman–Crippen LogP) is 1.07. The molecule has 0 atom stereocenters. The van der Waals surface area contributed by atoms with Gasteiger partial charge in [-0.1, -0.05) is 0 Å². The van der Waals surface area contributed by atoms with Crippen molar-refractivity contribution >= 4 is 11.8 Å². The number of nitrogen functional groups attached to an aromatic ring is 1. The molecule has 0 radical (unpaired) electrons. The Kier molecular flexibility index (Phi) is 5.96. The van der Waals surface area contributed by atoms with Crippen molar-refractivity contribution in [2.45, 2.75) is 6.18 Å². The van der Waals surface area contributed by atoms with Gasteiger partial charge in [-0.3, -0.25) is 0 Å². The van der Waals surface area contributed by atoms with Gasteiger partial charge in [0.15, 0.2) is 5.69 Å². The second-order valence-corrected chi connectivity index (χ2v) is 4.22. The van der Waals surface area contributed by atoms with E-state index in [0.29, 0.717) is 19.7 Å². The van der Waals surface area contributed by atoms with E-state index in [1.165, 1.54) is 0 Å². The summed E-state index contributed by atoms with van der Waals surface area (Å²) in [5.41, 5.74) is 4.21. The van der Waals surface area contributed by atoms with Crippen molar-refractivity contribution in [3.63, 3.8) is 0 Å². The van der Waals surface area contributed by atoms with E-state index >= 15 is 0 Å². The second-order valence-electron chi connectivity index (χ2n) is 4.22. The van der Waals surface area contributed by atoms with Crippen LogP contribution < -0.4 is 11.1 Å². The summed E-state index contributed by atoms with van der Waals surface area (Å²) < 4.78 is 42.5. The summed E-state index contributed by atoms with van der Waals surface area (Å²) in [5.74, 6) is -0.347. The monoisotopic (exact) mass is 293 g/mol. The van der Waals surface area contributed by atoms with E-state index in [1.54, 1.807) is 7.11 Å². The van der Waals surface area contributed by atoms with Gasteiger partial charge in [0.2, 0.25) is 5.95 Å². The number of likely N-dealkylation sites (N-methyl/N-ethyl adjacent to an activating group) is 1. The highest BCUT2D eigenvalue weighted by molar-refractivity contribution is 5.41. The van der Waals surface area contributed by atoms with Crippen LogP contribution in [0.3, 0.4) is 0 Å². The highest BCUT2D eigenvalue weighted by Gasteiger charge is 2.33. The maximum absolute atomic E-state index is 12.5. The number of aromatic nitrogens is 2. The molecule has 0 unspecified atom stereocenters. The summed E-state index contributed by atoms with van der Waals surface area (Å²) in [5, 5.41) is 2.79. The number of alkyl halides is 3. The smallest absolute Gasteiger partial charge is 0.383 e. The largest absolute Gasteiger partial charge is 0.433 e. The Balaban J connectivity index is 2.54. The molecule has 1 heterocycles. The lowest BCUT2D eigenvalue weighted by Gasteiger charge is -2.16. The van der Waals surface area contributed by atoms with Gasteiger partial charge in [-0.05, 0) is 7.05 Å². The quantitative estimate of drug-likeness (QED) is 0.783. The van der Waals surface area contributed by atoms with Crippen molar-refractivity contribution in [2.75, 3.05) is 51.4 Å². The van der Waals surface area contributed by atoms with Crippen molar-refractivity contribution in [1.82, 2.24) is 14.9 Å². The molecule has 0 aliphatic carbocycles. The molecule has 3 N–H and O–H groups in total. The number of hydrogen-bond acceptors (Lipinski definition) is 6. The first-order valence-electron chi connectivity index (χ1n) is 5.96. The van der Waals surface area contributed by atoms with Gasteiger partial charge in [0.1, 0.15) is 5.82 Å². The third kappa shape index (κ3) is 5.57. The maximum Gasteiger partial charge on any atom is 0.433 e. The minimum Gasteiger partial charge on any atom is -0.383 e. The molecule has 1 aromatic heterocycles. The molecule has 0 saturated heterocycles. The van der Waals surface area contributed by atoms with Crippen LogP contribution in [0.2, 0.25) is 0 Å². The Morgan fingerprint density at radius 3 is 2.65 bits per heavy atom. The van der Waals surface area contributed by atoms with Crippen LogP contribution in [0.15, 0.2) is 6.07 Å². The fourth-order valence-corrected chi connectivity index (χ4v) is 1.44. The van der Waals surface area contributed by atoms with Crippen LogP contribution in [0.4, 0.5) is 24.9 Å². The van der Waals surface area contributed by atoms with Crippen molar-refractivity contribution in [3.05, 3.63) is 11.8 Å². The lowest BCUT2D eigenvalue weighted by atomic mass is 10.3. The van der Waals surface area contributed by atoms with Crippen LogP contribution in [0, 0.1) is 0 Å². The fraction of sp³-hybridized carbons (Fsp3) is 0.636. The standard InChI is InChI=1S/C11H18F3N5O/c1-19(5-6-20-2)4-3-16-9-7-8(11(12,13)14)17-10(15)18-9/h7H,3-6H2,1-2H3,(H3,15,16,17,18). The van der Waals surface area contributed by atoms with Crippen LogP contribution >= 0.6 is 0 Å². The van der Waals surface area contributed by atoms with Crippen LogP contribution in [0.1, 0.15) is 5.69 Å². The summed E-state index contributed by atoms with van der Waals surface area (Å²) in [6.45, 7) is 2.40. The summed E-state index contributed by atoms with van der Waals surface area (Å²) in [4.78, 5) is 8.86. The molecule has 0 saturated carbocycles. The first-order chi connectivity index (χ1) is 9.32. The van der Waals surface area contributed by atoms with Gasteiger partial charge in [-0.15, -0.1) is 0 Å². The summed E-state index contributed by atoms with van der Waals surface area (Å²) >= 11 is 0. The molecule has 9 heteroatoms. The molecule has 0 aromatic carbocycles. The normalized spacial score (nSPS) is 11.9. The van der Waals surface area contributed by atoms with E-state index < -0.39 is 17.8 Å². The molecule has 1 rings (SSSR count). The average molecular weight is 293 g/mol. The third-order valence-corrected chi connectivity index (χ3v) is 2.51. The van der Waals surface area contributed by atoms with Gasteiger partial charge in [0, 0.05) is 32.8 Å². The van der Waals surface area contributed by atoms with Gasteiger partial charge in [0.05, 0.1) is 6.61 Å². The number of nitrogens with two attached hydrogens (primary N) is 1. The third-order valence-electron chi connectivity index (χ3n) is 2.51. The van der Waals surface area contributed by atoms with E-state index in [4.69, 9.17) is 10.5 Å². The van der Waals surface area contributed by atoms with Crippen LogP contribution in [0.25, 0.3) is 0 Å². The predicted molar refractivity (Wildman–Crippen MR) is 69.3 cm³/mol. The minimum absolute atomic E-state index is 0.0602. The summed E-state index contributed by atoms with van der Waals surface area (Å²) in [6, 6.07) is 0.839. The Morgan fingerprint density at radius 1 is 1.35 bits per heavy atom. The SMILES string of the molecule is COCCN(C)CCNc1cc(C(F)(F)F)nc(N)n1. The van der Waals surface area contributed by atoms with E-state index in [0.717, 1.165) is 12.6 Å². The molecule has 20 heavy (non-hydrogen) atoms. The number of anilines is 2. The number of halogens is 3. The highest BCUT2D eigenvalue weighted by atomic mass is 19.4. The molecule has 6 nitrogen and oxygen atoms in total. The first-order valence-corrected chi connectivity index (χ1v) is 5.96. The van der Waals surface area contributed by atoms with E-state index in [2.05, 4.69) is 15.3 Å². The van der Waals surface area contributed by atoms with Crippen LogP contribution in [-0.4, -0.2) is 55.3 Å². The molecule has 114 valence electrons. The number of nitrogens with zero attached hydrogens (tertiary/aromatic N) is 3. The zero-order valence-electron chi connectivity index (χ0n) is 11.4. The average Bonchev–Trinajstić information content (AvgIpc) is 2.34. The number of hydrogen-bond donors (Lipinski definition) is 2. The second kappa shape index (κ2) is 7.25. The van der Waals surface area contributed by atoms with Crippen molar-refractivity contribution in [3.8, 4) is 0 Å². The van der Waals surface area contributed by atoms with Gasteiger partial charge < -0.3 is 20.7 Å². The van der Waals surface area contributed by atoms with Gasteiger partial charge in [-0.25, -0.2) is 4.98 Å². The maximum atomic E-state index is 12.5. The van der Waals surface area contributed by atoms with Crippen molar-refractivity contribution in [2.24, 2.45) is 0 Å². The lowest BCUT2D eigenvalue weighted by molar-refractivity contribution is -0.141. The van der Waals surface area contributed by atoms with Crippen LogP contribution in [-0.2, 0) is 10.9 Å². The van der Waals surface area contributed by atoms with E-state index in [9.17, 15) is 13.2 Å². The molecule has 1 aromatic rings. The highest BCUT2D eigenvalue weighted by Crippen LogP contribution is 2.29. The van der Waals surface area contributed by atoms with Gasteiger partial charge in [0.25, 0.3) is 0 Å². The van der Waals surface area contributed by atoms with E-state index in [-0.39, 0.29) is 5.82 Å². The fourth-order valence-electron chi connectivity index (χ4n) is 1.44. The van der Waals surface area contributed by atoms with E-state index in [1.807, 2.05) is 11.9 Å². The molecule has 0 aliphatic heterocycles. The molecular weight excluding hydrogens is 275 g/mol. The Hall–Kier alpha value is -1.61. The number of rotatable bonds is 7. The number of ether oxygens (including phenoxy) is 1. The Morgan fingerprint density at radius 2 is 2.05 bits per heavy atom.